The minimum Gasteiger partial charge on any atom is -0.497 e. The van der Waals surface area contributed by atoms with Crippen LogP contribution in [0.2, 0.25) is 0 Å². The van der Waals surface area contributed by atoms with Crippen molar-refractivity contribution in [2.75, 3.05) is 7.11 Å². The van der Waals surface area contributed by atoms with Crippen molar-refractivity contribution >= 4 is 10.0 Å². The van der Waals surface area contributed by atoms with Gasteiger partial charge in [0, 0.05) is 5.56 Å². The number of alkyl halides is 2. The van der Waals surface area contributed by atoms with Crippen LogP contribution >= 0.6 is 0 Å². The van der Waals surface area contributed by atoms with Gasteiger partial charge in [-0.1, -0.05) is 12.1 Å². The first-order valence-electron chi connectivity index (χ1n) is 7.46. The molecular weight excluding hydrogens is 364 g/mol. The van der Waals surface area contributed by atoms with E-state index in [9.17, 15) is 17.2 Å². The molecule has 0 fully saturated rings. The number of sulfonamides is 1. The zero-order valence-corrected chi connectivity index (χ0v) is 14.5. The highest BCUT2D eigenvalue weighted by Gasteiger charge is 2.22. The molecule has 0 aliphatic carbocycles. The second-order valence-corrected chi connectivity index (χ2v) is 6.94. The van der Waals surface area contributed by atoms with Crippen LogP contribution in [-0.4, -0.2) is 25.3 Å². The number of aromatic nitrogens is 2. The number of ether oxygens (including phenoxy) is 1. The Morgan fingerprint density at radius 3 is 2.35 bits per heavy atom. The molecule has 0 spiro atoms. The summed E-state index contributed by atoms with van der Waals surface area (Å²) in [5.74, 6) is 0.596. The molecule has 136 valence electrons. The van der Waals surface area contributed by atoms with Crippen molar-refractivity contribution in [1.29, 1.82) is 0 Å². The first-order valence-corrected chi connectivity index (χ1v) is 9.00. The van der Waals surface area contributed by atoms with Gasteiger partial charge in [-0.05, 0) is 42.5 Å². The topological polar surface area (TPSA) is 87.2 Å². The molecule has 0 unspecified atom stereocenters. The molecule has 26 heavy (non-hydrogen) atoms. The quantitative estimate of drug-likeness (QED) is 0.738. The van der Waals surface area contributed by atoms with E-state index in [1.165, 1.54) is 31.4 Å². The minimum atomic E-state index is -4.07. The summed E-state index contributed by atoms with van der Waals surface area (Å²) in [6, 6.07) is 13.7. The van der Waals surface area contributed by atoms with Crippen molar-refractivity contribution in [1.82, 2.24) is 9.78 Å². The molecule has 0 atom stereocenters. The molecule has 3 aromatic rings. The number of benzene rings is 2. The molecule has 1 aromatic heterocycles. The summed E-state index contributed by atoms with van der Waals surface area (Å²) >= 11 is 0. The van der Waals surface area contributed by atoms with Crippen molar-refractivity contribution in [3.8, 4) is 22.7 Å². The predicted octanol–water partition coefficient (Wildman–Crippen LogP) is 3.13. The molecule has 0 aliphatic rings. The normalized spacial score (nSPS) is 11.7. The fourth-order valence-corrected chi connectivity index (χ4v) is 3.24. The molecule has 0 radical (unpaired) electrons. The highest BCUT2D eigenvalue weighted by atomic mass is 32.2. The molecule has 0 bridgehead atoms. The Morgan fingerprint density at radius 1 is 1.12 bits per heavy atom. The lowest BCUT2D eigenvalue weighted by Gasteiger charge is -2.11. The van der Waals surface area contributed by atoms with Crippen LogP contribution in [0.4, 0.5) is 8.78 Å². The molecule has 1 heterocycles. The van der Waals surface area contributed by atoms with E-state index >= 15 is 0 Å². The molecule has 2 N–H and O–H groups in total. The Labute approximate surface area is 148 Å². The number of rotatable bonds is 5. The molecule has 0 aliphatic heterocycles. The lowest BCUT2D eigenvalue weighted by molar-refractivity contribution is 0.145. The standard InChI is InChI=1S/C17H15F2N3O3S/c1-25-12-8-6-11(7-9-12)15-10-13(17(18)19)21-22(15)14-4-2-3-5-16(14)26(20,23)24/h2-10,17H,1H3,(H2,20,23,24). The molecule has 2 aromatic carbocycles. The highest BCUT2D eigenvalue weighted by Crippen LogP contribution is 2.31. The number of hydrogen-bond donors (Lipinski definition) is 1. The number of nitrogens with zero attached hydrogens (tertiary/aromatic N) is 2. The maximum atomic E-state index is 13.2. The van der Waals surface area contributed by atoms with Crippen molar-refractivity contribution in [3.63, 3.8) is 0 Å². The summed E-state index contributed by atoms with van der Waals surface area (Å²) in [4.78, 5) is -0.210. The SMILES string of the molecule is COc1ccc(-c2cc(C(F)F)nn2-c2ccccc2S(N)(=O)=O)cc1. The minimum absolute atomic E-state index is 0.0905. The molecule has 9 heteroatoms. The summed E-state index contributed by atoms with van der Waals surface area (Å²) in [7, 11) is -2.56. The van der Waals surface area contributed by atoms with Crippen molar-refractivity contribution in [3.05, 3.63) is 60.3 Å². The lowest BCUT2D eigenvalue weighted by atomic mass is 10.1. The monoisotopic (exact) mass is 379 g/mol. The van der Waals surface area contributed by atoms with E-state index in [1.54, 1.807) is 30.3 Å². The summed E-state index contributed by atoms with van der Waals surface area (Å²) in [5.41, 5.74) is 0.487. The van der Waals surface area contributed by atoms with Crippen molar-refractivity contribution < 1.29 is 21.9 Å². The Kier molecular flexibility index (Phi) is 4.75. The van der Waals surface area contributed by atoms with Gasteiger partial charge in [-0.25, -0.2) is 27.0 Å². The Bertz CT molecular complexity index is 1030. The van der Waals surface area contributed by atoms with E-state index in [1.807, 2.05) is 0 Å². The van der Waals surface area contributed by atoms with Crippen LogP contribution in [0.25, 0.3) is 16.9 Å². The molecule has 0 amide bonds. The van der Waals surface area contributed by atoms with Crippen molar-refractivity contribution in [2.45, 2.75) is 11.3 Å². The maximum absolute atomic E-state index is 13.2. The fraction of sp³-hybridized carbons (Fsp3) is 0.118. The second-order valence-electron chi connectivity index (χ2n) is 5.41. The number of halogens is 2. The third kappa shape index (κ3) is 3.44. The zero-order valence-electron chi connectivity index (χ0n) is 13.6. The molecule has 3 rings (SSSR count). The molecule has 6 nitrogen and oxygen atoms in total. The Balaban J connectivity index is 2.25. The van der Waals surface area contributed by atoms with Gasteiger partial charge in [0.15, 0.2) is 0 Å². The van der Waals surface area contributed by atoms with Crippen LogP contribution in [-0.2, 0) is 10.0 Å². The van der Waals surface area contributed by atoms with E-state index in [0.29, 0.717) is 17.0 Å². The van der Waals surface area contributed by atoms with Gasteiger partial charge < -0.3 is 4.74 Å². The number of primary sulfonamides is 1. The summed E-state index contributed by atoms with van der Waals surface area (Å²) < 4.78 is 56.4. The van der Waals surface area contributed by atoms with Gasteiger partial charge in [0.25, 0.3) is 6.43 Å². The van der Waals surface area contributed by atoms with Gasteiger partial charge in [-0.2, -0.15) is 5.10 Å². The van der Waals surface area contributed by atoms with Gasteiger partial charge in [0.05, 0.1) is 18.5 Å². The first-order chi connectivity index (χ1) is 12.3. The summed E-state index contributed by atoms with van der Waals surface area (Å²) in [5, 5.41) is 9.14. The van der Waals surface area contributed by atoms with Crippen LogP contribution in [0, 0.1) is 0 Å². The van der Waals surface area contributed by atoms with Crippen LogP contribution in [0.15, 0.2) is 59.5 Å². The number of methoxy groups -OCH3 is 1. The average Bonchev–Trinajstić information content (AvgIpc) is 3.06. The van der Waals surface area contributed by atoms with E-state index in [4.69, 9.17) is 9.88 Å². The average molecular weight is 379 g/mol. The van der Waals surface area contributed by atoms with E-state index in [2.05, 4.69) is 5.10 Å². The zero-order chi connectivity index (χ0) is 18.9. The van der Waals surface area contributed by atoms with Crippen molar-refractivity contribution in [2.24, 2.45) is 5.14 Å². The van der Waals surface area contributed by atoms with Gasteiger partial charge in [0.2, 0.25) is 10.0 Å². The van der Waals surface area contributed by atoms with Crippen LogP contribution in [0.3, 0.4) is 0 Å². The number of hydrogen-bond acceptors (Lipinski definition) is 4. The van der Waals surface area contributed by atoms with Gasteiger partial charge >= 0.3 is 0 Å². The summed E-state index contributed by atoms with van der Waals surface area (Å²) in [6.07, 6.45) is -2.81. The molecule has 0 saturated heterocycles. The second kappa shape index (κ2) is 6.85. The van der Waals surface area contributed by atoms with Crippen LogP contribution < -0.4 is 9.88 Å². The number of para-hydroxylation sites is 1. The van der Waals surface area contributed by atoms with Gasteiger partial charge in [-0.3, -0.25) is 0 Å². The molecule has 0 saturated carbocycles. The number of nitrogens with two attached hydrogens (primary N) is 1. The van der Waals surface area contributed by atoms with Gasteiger partial charge in [-0.15, -0.1) is 0 Å². The summed E-state index contributed by atoms with van der Waals surface area (Å²) in [6.45, 7) is 0. The first kappa shape index (κ1) is 18.0. The van der Waals surface area contributed by atoms with E-state index in [0.717, 1.165) is 4.68 Å². The predicted molar refractivity (Wildman–Crippen MR) is 91.9 cm³/mol. The third-order valence-corrected chi connectivity index (χ3v) is 4.70. The smallest absolute Gasteiger partial charge is 0.282 e. The molecular formula is C17H15F2N3O3S. The largest absolute Gasteiger partial charge is 0.497 e. The van der Waals surface area contributed by atoms with E-state index < -0.39 is 22.1 Å². The Hall–Kier alpha value is -2.78. The maximum Gasteiger partial charge on any atom is 0.282 e. The van der Waals surface area contributed by atoms with Crippen LogP contribution in [0.5, 0.6) is 5.75 Å². The van der Waals surface area contributed by atoms with E-state index in [-0.39, 0.29) is 10.6 Å². The highest BCUT2D eigenvalue weighted by molar-refractivity contribution is 7.89. The fourth-order valence-electron chi connectivity index (χ4n) is 2.53. The third-order valence-electron chi connectivity index (χ3n) is 3.74. The lowest BCUT2D eigenvalue weighted by Crippen LogP contribution is -2.16. The van der Waals surface area contributed by atoms with Crippen LogP contribution in [0.1, 0.15) is 12.1 Å². The Morgan fingerprint density at radius 2 is 1.77 bits per heavy atom. The van der Waals surface area contributed by atoms with Gasteiger partial charge in [0.1, 0.15) is 16.3 Å².